The van der Waals surface area contributed by atoms with Gasteiger partial charge in [-0.15, -0.1) is 0 Å². The highest BCUT2D eigenvalue weighted by atomic mass is 16.3. The number of nitrogens with two attached hydrogens (primary N) is 1. The predicted molar refractivity (Wildman–Crippen MR) is 81.7 cm³/mol. The van der Waals surface area contributed by atoms with E-state index in [1.807, 2.05) is 6.07 Å². The van der Waals surface area contributed by atoms with E-state index in [-0.39, 0.29) is 5.95 Å². The van der Waals surface area contributed by atoms with Crippen LogP contribution in [0.5, 0.6) is 0 Å². The quantitative estimate of drug-likeness (QED) is 0.636. The molecule has 0 aromatic carbocycles. The Hall–Kier alpha value is -1.56. The lowest BCUT2D eigenvalue weighted by atomic mass is 9.85. The van der Waals surface area contributed by atoms with Crippen LogP contribution in [-0.4, -0.2) is 33.8 Å². The number of anilines is 3. The van der Waals surface area contributed by atoms with Gasteiger partial charge in [-0.2, -0.15) is 9.97 Å². The normalized spacial score (nSPS) is 17.7. The van der Waals surface area contributed by atoms with Gasteiger partial charge >= 0.3 is 0 Å². The highest BCUT2D eigenvalue weighted by Crippen LogP contribution is 2.28. The zero-order valence-corrected chi connectivity index (χ0v) is 12.2. The molecule has 0 spiro atoms. The highest BCUT2D eigenvalue weighted by Gasteiger charge is 2.28. The Bertz CT molecular complexity index is 432. The summed E-state index contributed by atoms with van der Waals surface area (Å²) in [6.07, 6.45) is 6.12. The Labute approximate surface area is 120 Å². The number of rotatable bonds is 6. The van der Waals surface area contributed by atoms with Gasteiger partial charge in [0.2, 0.25) is 5.95 Å². The molecule has 1 fully saturated rings. The van der Waals surface area contributed by atoms with Crippen LogP contribution in [0.4, 0.5) is 17.6 Å². The van der Waals surface area contributed by atoms with Crippen molar-refractivity contribution in [1.29, 1.82) is 0 Å². The lowest BCUT2D eigenvalue weighted by molar-refractivity contribution is 0.0166. The number of hydrogen-bond donors (Lipinski definition) is 4. The molecule has 0 saturated heterocycles. The number of aliphatic hydroxyl groups is 1. The molecule has 0 unspecified atom stereocenters. The molecule has 1 aliphatic rings. The Balaban J connectivity index is 1.96. The standard InChI is InChI=1S/C14H25N5O/c1-2-8-16-11-9-12(19-13(15)18-11)17-10-14(20)6-4-3-5-7-14/h9,20H,2-8,10H2,1H3,(H4,15,16,17,18,19). The van der Waals surface area contributed by atoms with Crippen molar-refractivity contribution >= 4 is 17.6 Å². The zero-order valence-electron chi connectivity index (χ0n) is 12.2. The summed E-state index contributed by atoms with van der Waals surface area (Å²) < 4.78 is 0. The van der Waals surface area contributed by atoms with E-state index in [4.69, 9.17) is 5.73 Å². The predicted octanol–water partition coefficient (Wildman–Crippen LogP) is 1.99. The summed E-state index contributed by atoms with van der Waals surface area (Å²) in [5, 5.41) is 16.8. The van der Waals surface area contributed by atoms with E-state index >= 15 is 0 Å². The lowest BCUT2D eigenvalue weighted by Crippen LogP contribution is -2.39. The maximum Gasteiger partial charge on any atom is 0.223 e. The first-order valence-electron chi connectivity index (χ1n) is 7.46. The van der Waals surface area contributed by atoms with Crippen LogP contribution in [0.2, 0.25) is 0 Å². The highest BCUT2D eigenvalue weighted by molar-refractivity contribution is 5.51. The summed E-state index contributed by atoms with van der Waals surface area (Å²) in [5.41, 5.74) is 5.09. The van der Waals surface area contributed by atoms with E-state index in [1.165, 1.54) is 6.42 Å². The molecule has 1 aromatic rings. The number of nitrogens with zero attached hydrogens (tertiary/aromatic N) is 2. The summed E-state index contributed by atoms with van der Waals surface area (Å²) in [6, 6.07) is 1.83. The summed E-state index contributed by atoms with van der Waals surface area (Å²) in [6.45, 7) is 3.45. The van der Waals surface area contributed by atoms with Crippen LogP contribution in [0.25, 0.3) is 0 Å². The third-order valence-electron chi connectivity index (χ3n) is 3.68. The van der Waals surface area contributed by atoms with Gasteiger partial charge in [-0.1, -0.05) is 26.2 Å². The van der Waals surface area contributed by atoms with Gasteiger partial charge in [0.25, 0.3) is 0 Å². The molecule has 6 heteroatoms. The fourth-order valence-electron chi connectivity index (χ4n) is 2.54. The summed E-state index contributed by atoms with van der Waals surface area (Å²) in [4.78, 5) is 8.30. The topological polar surface area (TPSA) is 96.1 Å². The van der Waals surface area contributed by atoms with E-state index in [0.717, 1.165) is 44.5 Å². The maximum atomic E-state index is 10.5. The molecule has 1 heterocycles. The van der Waals surface area contributed by atoms with Crippen molar-refractivity contribution < 1.29 is 5.11 Å². The zero-order chi connectivity index (χ0) is 14.4. The second-order valence-electron chi connectivity index (χ2n) is 5.56. The Morgan fingerprint density at radius 1 is 1.20 bits per heavy atom. The monoisotopic (exact) mass is 279 g/mol. The molecule has 6 nitrogen and oxygen atoms in total. The minimum atomic E-state index is -0.616. The van der Waals surface area contributed by atoms with Gasteiger partial charge in [-0.3, -0.25) is 0 Å². The molecule has 1 aromatic heterocycles. The second kappa shape index (κ2) is 6.74. The largest absolute Gasteiger partial charge is 0.388 e. The van der Waals surface area contributed by atoms with Crippen LogP contribution in [0.3, 0.4) is 0 Å². The Morgan fingerprint density at radius 2 is 1.85 bits per heavy atom. The molecular weight excluding hydrogens is 254 g/mol. The van der Waals surface area contributed by atoms with Gasteiger partial charge in [0.1, 0.15) is 11.6 Å². The second-order valence-corrected chi connectivity index (χ2v) is 5.56. The molecule has 20 heavy (non-hydrogen) atoms. The van der Waals surface area contributed by atoms with Crippen molar-refractivity contribution in [2.75, 3.05) is 29.5 Å². The minimum absolute atomic E-state index is 0.240. The number of hydrogen-bond acceptors (Lipinski definition) is 6. The van der Waals surface area contributed by atoms with Crippen molar-refractivity contribution in [2.24, 2.45) is 0 Å². The Morgan fingerprint density at radius 3 is 2.50 bits per heavy atom. The van der Waals surface area contributed by atoms with E-state index in [2.05, 4.69) is 27.5 Å². The molecule has 5 N–H and O–H groups in total. The average molecular weight is 279 g/mol. The van der Waals surface area contributed by atoms with Gasteiger partial charge < -0.3 is 21.5 Å². The van der Waals surface area contributed by atoms with E-state index in [9.17, 15) is 5.11 Å². The van der Waals surface area contributed by atoms with Gasteiger partial charge in [0.15, 0.2) is 0 Å². The smallest absolute Gasteiger partial charge is 0.223 e. The fourth-order valence-corrected chi connectivity index (χ4v) is 2.54. The van der Waals surface area contributed by atoms with E-state index in [0.29, 0.717) is 12.4 Å². The molecule has 1 aliphatic carbocycles. The third kappa shape index (κ3) is 4.23. The first-order chi connectivity index (χ1) is 9.61. The number of nitrogen functional groups attached to an aromatic ring is 1. The van der Waals surface area contributed by atoms with Gasteiger partial charge in [0, 0.05) is 19.2 Å². The molecular formula is C14H25N5O. The summed E-state index contributed by atoms with van der Waals surface area (Å²) in [5.74, 6) is 1.62. The first kappa shape index (κ1) is 14.8. The van der Waals surface area contributed by atoms with Crippen molar-refractivity contribution in [3.63, 3.8) is 0 Å². The Kier molecular flexibility index (Phi) is 5.00. The number of aromatic nitrogens is 2. The van der Waals surface area contributed by atoms with Crippen molar-refractivity contribution in [3.8, 4) is 0 Å². The molecule has 0 atom stereocenters. The third-order valence-corrected chi connectivity index (χ3v) is 3.68. The van der Waals surface area contributed by atoms with E-state index in [1.54, 1.807) is 0 Å². The van der Waals surface area contributed by atoms with Crippen LogP contribution in [0.1, 0.15) is 45.4 Å². The van der Waals surface area contributed by atoms with Gasteiger partial charge in [0.05, 0.1) is 5.60 Å². The average Bonchev–Trinajstić information content (AvgIpc) is 2.43. The van der Waals surface area contributed by atoms with Gasteiger partial charge in [-0.25, -0.2) is 0 Å². The maximum absolute atomic E-state index is 10.5. The van der Waals surface area contributed by atoms with Crippen LogP contribution < -0.4 is 16.4 Å². The van der Waals surface area contributed by atoms with Crippen molar-refractivity contribution in [2.45, 2.75) is 51.0 Å². The van der Waals surface area contributed by atoms with E-state index < -0.39 is 5.60 Å². The molecule has 0 bridgehead atoms. The van der Waals surface area contributed by atoms with Crippen molar-refractivity contribution in [1.82, 2.24) is 9.97 Å². The molecule has 2 rings (SSSR count). The first-order valence-corrected chi connectivity index (χ1v) is 7.46. The number of nitrogens with one attached hydrogen (secondary N) is 2. The molecule has 0 radical (unpaired) electrons. The van der Waals surface area contributed by atoms with Crippen LogP contribution in [-0.2, 0) is 0 Å². The molecule has 112 valence electrons. The summed E-state index contributed by atoms with van der Waals surface area (Å²) in [7, 11) is 0. The molecule has 0 amide bonds. The molecule has 1 saturated carbocycles. The van der Waals surface area contributed by atoms with Crippen LogP contribution >= 0.6 is 0 Å². The van der Waals surface area contributed by atoms with Crippen LogP contribution in [0.15, 0.2) is 6.07 Å². The minimum Gasteiger partial charge on any atom is -0.388 e. The SMILES string of the molecule is CCCNc1cc(NCC2(O)CCCCC2)nc(N)n1. The van der Waals surface area contributed by atoms with Crippen LogP contribution in [0, 0.1) is 0 Å². The summed E-state index contributed by atoms with van der Waals surface area (Å²) >= 11 is 0. The lowest BCUT2D eigenvalue weighted by Gasteiger charge is -2.32. The fraction of sp³-hybridized carbons (Fsp3) is 0.714. The molecule has 0 aliphatic heterocycles. The van der Waals surface area contributed by atoms with Crippen molar-refractivity contribution in [3.05, 3.63) is 6.07 Å². The van der Waals surface area contributed by atoms with Gasteiger partial charge in [-0.05, 0) is 19.3 Å².